The van der Waals surface area contributed by atoms with Crippen LogP contribution in [0.25, 0.3) is 11.3 Å². The number of carbonyl (C=O) groups is 2. The first-order valence-electron chi connectivity index (χ1n) is 9.91. The van der Waals surface area contributed by atoms with Crippen molar-refractivity contribution in [1.82, 2.24) is 14.8 Å². The van der Waals surface area contributed by atoms with Crippen LogP contribution < -0.4 is 4.90 Å². The van der Waals surface area contributed by atoms with Gasteiger partial charge in [-0.2, -0.15) is 5.10 Å². The lowest BCUT2D eigenvalue weighted by Gasteiger charge is -2.24. The second-order valence-corrected chi connectivity index (χ2v) is 9.17. The maximum atomic E-state index is 13.1. The highest BCUT2D eigenvalue weighted by molar-refractivity contribution is 9.10. The van der Waals surface area contributed by atoms with E-state index < -0.39 is 0 Å². The normalized spacial score (nSPS) is 15.8. The number of benzene rings is 2. The average Bonchev–Trinajstić information content (AvgIpc) is 3.44. The first-order chi connectivity index (χ1) is 15.6. The monoisotopic (exact) mass is 504 g/mol. The van der Waals surface area contributed by atoms with Crippen LogP contribution in [0.5, 0.6) is 0 Å². The quantitative estimate of drug-likeness (QED) is 0.383. The van der Waals surface area contributed by atoms with E-state index >= 15 is 0 Å². The Kier molecular flexibility index (Phi) is 5.63. The summed E-state index contributed by atoms with van der Waals surface area (Å²) < 4.78 is 2.31. The van der Waals surface area contributed by atoms with Gasteiger partial charge in [-0.25, -0.2) is 4.68 Å². The minimum Gasteiger partial charge on any atom is -0.295 e. The zero-order valence-electron chi connectivity index (χ0n) is 16.8. The molecule has 6 nitrogen and oxygen atoms in total. The molecular weight excluding hydrogens is 488 g/mol. The van der Waals surface area contributed by atoms with Gasteiger partial charge in [0, 0.05) is 45.4 Å². The van der Waals surface area contributed by atoms with Gasteiger partial charge in [0.1, 0.15) is 5.37 Å². The van der Waals surface area contributed by atoms with E-state index in [4.69, 9.17) is 0 Å². The van der Waals surface area contributed by atoms with Crippen molar-refractivity contribution in [2.75, 3.05) is 10.7 Å². The summed E-state index contributed by atoms with van der Waals surface area (Å²) in [6.07, 6.45) is 4.90. The Morgan fingerprint density at radius 2 is 1.72 bits per heavy atom. The highest BCUT2D eigenvalue weighted by Crippen LogP contribution is 2.44. The zero-order valence-corrected chi connectivity index (χ0v) is 19.2. The lowest BCUT2D eigenvalue weighted by atomic mass is 10.1. The first kappa shape index (κ1) is 20.7. The third-order valence-electron chi connectivity index (χ3n) is 5.16. The topological polar surface area (TPSA) is 68.1 Å². The molecule has 0 aliphatic carbocycles. The number of hydrogen-bond acceptors (Lipinski definition) is 5. The van der Waals surface area contributed by atoms with Crippen molar-refractivity contribution >= 4 is 45.2 Å². The fourth-order valence-electron chi connectivity index (χ4n) is 3.65. The van der Waals surface area contributed by atoms with E-state index in [9.17, 15) is 9.59 Å². The Hall–Kier alpha value is -3.23. The summed E-state index contributed by atoms with van der Waals surface area (Å²) in [5.41, 5.74) is 3.67. The van der Waals surface area contributed by atoms with Gasteiger partial charge in [0.05, 0.1) is 11.4 Å². The van der Waals surface area contributed by atoms with Crippen LogP contribution in [0.2, 0.25) is 0 Å². The second kappa shape index (κ2) is 8.72. The van der Waals surface area contributed by atoms with Crippen molar-refractivity contribution in [2.24, 2.45) is 0 Å². The Labute approximate surface area is 197 Å². The molecule has 2 aromatic heterocycles. The first-order valence-corrected chi connectivity index (χ1v) is 11.7. The van der Waals surface area contributed by atoms with Crippen LogP contribution in [-0.2, 0) is 4.79 Å². The fraction of sp³-hybridized carbons (Fsp3) is 0.0833. The van der Waals surface area contributed by atoms with E-state index in [2.05, 4.69) is 26.0 Å². The van der Waals surface area contributed by atoms with E-state index in [1.807, 2.05) is 54.6 Å². The number of halogens is 1. The maximum absolute atomic E-state index is 13.1. The van der Waals surface area contributed by atoms with Gasteiger partial charge < -0.3 is 0 Å². The van der Waals surface area contributed by atoms with Gasteiger partial charge in [-0.05, 0) is 36.4 Å². The lowest BCUT2D eigenvalue weighted by molar-refractivity contribution is -0.115. The van der Waals surface area contributed by atoms with Crippen molar-refractivity contribution in [3.63, 3.8) is 0 Å². The number of anilines is 1. The molecule has 1 unspecified atom stereocenters. The molecule has 32 heavy (non-hydrogen) atoms. The molecular formula is C24H17BrN4O2S. The molecule has 0 bridgehead atoms. The van der Waals surface area contributed by atoms with Gasteiger partial charge in [-0.15, -0.1) is 11.8 Å². The minimum atomic E-state index is -0.289. The standard InChI is InChI=1S/C24H17BrN4O2S/c25-18-8-6-16(7-9-18)22-20(14-28(27-22)23(31)17-10-12-26-13-11-17)24-29(21(30)15-32-24)19-4-2-1-3-5-19/h1-14,24H,15H2. The molecule has 1 aliphatic rings. The van der Waals surface area contributed by atoms with Crippen molar-refractivity contribution in [3.8, 4) is 11.3 Å². The summed E-state index contributed by atoms with van der Waals surface area (Å²) in [4.78, 5) is 31.7. The predicted molar refractivity (Wildman–Crippen MR) is 128 cm³/mol. The van der Waals surface area contributed by atoms with Crippen molar-refractivity contribution in [2.45, 2.75) is 5.37 Å². The SMILES string of the molecule is O=C1CSC(c2cn(C(=O)c3ccncc3)nc2-c2ccc(Br)cc2)N1c1ccccc1. The molecule has 1 fully saturated rings. The minimum absolute atomic E-state index is 0.0289. The molecule has 2 aromatic carbocycles. The summed E-state index contributed by atoms with van der Waals surface area (Å²) >= 11 is 5.00. The van der Waals surface area contributed by atoms with Crippen molar-refractivity contribution in [3.05, 3.63) is 101 Å². The number of hydrogen-bond donors (Lipinski definition) is 0. The number of carbonyl (C=O) groups excluding carboxylic acids is 2. The van der Waals surface area contributed by atoms with Crippen molar-refractivity contribution < 1.29 is 9.59 Å². The van der Waals surface area contributed by atoms with Crippen LogP contribution in [0.3, 0.4) is 0 Å². The molecule has 1 atom stereocenters. The second-order valence-electron chi connectivity index (χ2n) is 7.19. The summed E-state index contributed by atoms with van der Waals surface area (Å²) in [5, 5.41) is 4.37. The average molecular weight is 505 g/mol. The summed E-state index contributed by atoms with van der Waals surface area (Å²) in [5.74, 6) is 0.141. The molecule has 8 heteroatoms. The zero-order chi connectivity index (χ0) is 22.1. The molecule has 158 valence electrons. The Balaban J connectivity index is 1.63. The largest absolute Gasteiger partial charge is 0.295 e. The molecule has 4 aromatic rings. The van der Waals surface area contributed by atoms with Gasteiger partial charge in [0.25, 0.3) is 5.91 Å². The number of nitrogens with zero attached hydrogens (tertiary/aromatic N) is 4. The molecule has 0 spiro atoms. The number of amides is 1. The predicted octanol–water partition coefficient (Wildman–Crippen LogP) is 5.17. The van der Waals surface area contributed by atoms with E-state index in [1.165, 1.54) is 16.4 Å². The van der Waals surface area contributed by atoms with Gasteiger partial charge in [0.2, 0.25) is 5.91 Å². The molecule has 1 amide bonds. The van der Waals surface area contributed by atoms with Gasteiger partial charge in [-0.3, -0.25) is 19.5 Å². The third kappa shape index (κ3) is 3.87. The van der Waals surface area contributed by atoms with Gasteiger partial charge in [0.15, 0.2) is 0 Å². The highest BCUT2D eigenvalue weighted by atomic mass is 79.9. The number of pyridine rings is 1. The summed E-state index contributed by atoms with van der Waals surface area (Å²) in [6.45, 7) is 0. The van der Waals surface area contributed by atoms with Crippen molar-refractivity contribution in [1.29, 1.82) is 0 Å². The molecule has 5 rings (SSSR count). The van der Waals surface area contributed by atoms with E-state index in [0.29, 0.717) is 17.0 Å². The van der Waals surface area contributed by atoms with Gasteiger partial charge >= 0.3 is 0 Å². The smallest absolute Gasteiger partial charge is 0.278 e. The highest BCUT2D eigenvalue weighted by Gasteiger charge is 2.37. The molecule has 0 N–H and O–H groups in total. The van der Waals surface area contributed by atoms with Crippen LogP contribution in [0.1, 0.15) is 21.3 Å². The summed E-state index contributed by atoms with van der Waals surface area (Å²) in [7, 11) is 0. The molecule has 1 aliphatic heterocycles. The van der Waals surface area contributed by atoms with Crippen LogP contribution in [0.4, 0.5) is 5.69 Å². The molecule has 1 saturated heterocycles. The fourth-order valence-corrected chi connectivity index (χ4v) is 5.10. The molecule has 0 saturated carbocycles. The van der Waals surface area contributed by atoms with Crippen LogP contribution >= 0.6 is 27.7 Å². The Morgan fingerprint density at radius 1 is 1.00 bits per heavy atom. The number of thioether (sulfide) groups is 1. The number of para-hydroxylation sites is 1. The van der Waals surface area contributed by atoms with Gasteiger partial charge in [-0.1, -0.05) is 46.3 Å². The third-order valence-corrected chi connectivity index (χ3v) is 6.89. The van der Waals surface area contributed by atoms with E-state index in [0.717, 1.165) is 21.3 Å². The number of aromatic nitrogens is 3. The van der Waals surface area contributed by atoms with Crippen LogP contribution in [0, 0.1) is 0 Å². The number of rotatable bonds is 4. The molecule has 3 heterocycles. The van der Waals surface area contributed by atoms with Crippen LogP contribution in [0.15, 0.2) is 89.8 Å². The summed E-state index contributed by atoms with van der Waals surface area (Å²) in [6, 6.07) is 20.7. The molecule has 0 radical (unpaired) electrons. The Morgan fingerprint density at radius 3 is 2.44 bits per heavy atom. The Bertz CT molecular complexity index is 1280. The van der Waals surface area contributed by atoms with E-state index in [-0.39, 0.29) is 17.2 Å². The van der Waals surface area contributed by atoms with Crippen LogP contribution in [-0.4, -0.2) is 32.3 Å². The van der Waals surface area contributed by atoms with E-state index in [1.54, 1.807) is 35.6 Å². The maximum Gasteiger partial charge on any atom is 0.278 e. The lowest BCUT2D eigenvalue weighted by Crippen LogP contribution is -2.27.